The Hall–Kier alpha value is -1.66. The van der Waals surface area contributed by atoms with Crippen LogP contribution < -0.4 is 0 Å². The highest BCUT2D eigenvalue weighted by molar-refractivity contribution is 9.09. The SMILES string of the molecule is CC(CC(Br)OC(=O)c1ccccc1)S(=O)(=O)c1ccccc1. The van der Waals surface area contributed by atoms with Crippen LogP contribution in [-0.2, 0) is 14.6 Å². The highest BCUT2D eigenvalue weighted by Gasteiger charge is 2.27. The first-order valence-corrected chi connectivity index (χ1v) is 9.56. The van der Waals surface area contributed by atoms with Crippen LogP contribution in [0.5, 0.6) is 0 Å². The highest BCUT2D eigenvalue weighted by atomic mass is 79.9. The van der Waals surface area contributed by atoms with Gasteiger partial charge in [0.15, 0.2) is 14.9 Å². The number of halogens is 1. The Kier molecular flexibility index (Phi) is 5.96. The number of hydrogen-bond donors (Lipinski definition) is 0. The van der Waals surface area contributed by atoms with Gasteiger partial charge in [0, 0.05) is 6.42 Å². The molecule has 2 unspecified atom stereocenters. The van der Waals surface area contributed by atoms with Crippen molar-refractivity contribution in [3.05, 3.63) is 66.2 Å². The summed E-state index contributed by atoms with van der Waals surface area (Å²) in [6.07, 6.45) is 0.163. The average molecular weight is 397 g/mol. The summed E-state index contributed by atoms with van der Waals surface area (Å²) in [5.74, 6) is -0.489. The van der Waals surface area contributed by atoms with Crippen molar-refractivity contribution in [3.63, 3.8) is 0 Å². The molecule has 0 saturated heterocycles. The summed E-state index contributed by atoms with van der Waals surface area (Å²) in [6, 6.07) is 16.8. The van der Waals surface area contributed by atoms with Gasteiger partial charge in [0.05, 0.1) is 15.7 Å². The molecule has 0 fully saturated rings. The van der Waals surface area contributed by atoms with Gasteiger partial charge in [-0.1, -0.05) is 36.4 Å². The van der Waals surface area contributed by atoms with E-state index in [4.69, 9.17) is 4.74 Å². The Labute approximate surface area is 144 Å². The molecular weight excluding hydrogens is 380 g/mol. The molecule has 0 bridgehead atoms. The number of hydrogen-bond acceptors (Lipinski definition) is 4. The summed E-state index contributed by atoms with van der Waals surface area (Å²) in [5, 5.41) is -1.36. The lowest BCUT2D eigenvalue weighted by atomic mass is 10.2. The van der Waals surface area contributed by atoms with Crippen LogP contribution in [0.1, 0.15) is 23.7 Å². The molecule has 23 heavy (non-hydrogen) atoms. The van der Waals surface area contributed by atoms with Crippen LogP contribution in [0.15, 0.2) is 65.6 Å². The maximum atomic E-state index is 12.5. The van der Waals surface area contributed by atoms with E-state index in [9.17, 15) is 13.2 Å². The fourth-order valence-corrected chi connectivity index (χ4v) is 4.44. The minimum absolute atomic E-state index is 0.163. The molecule has 2 aromatic carbocycles. The Morgan fingerprint density at radius 3 is 2.13 bits per heavy atom. The van der Waals surface area contributed by atoms with Crippen molar-refractivity contribution in [2.75, 3.05) is 0 Å². The van der Waals surface area contributed by atoms with Gasteiger partial charge in [-0.15, -0.1) is 0 Å². The Morgan fingerprint density at radius 1 is 1.04 bits per heavy atom. The number of carbonyl (C=O) groups excluding carboxylic acids is 1. The predicted octanol–water partition coefficient (Wildman–Crippen LogP) is 3.82. The number of benzene rings is 2. The number of carbonyl (C=O) groups is 1. The van der Waals surface area contributed by atoms with Crippen LogP contribution >= 0.6 is 15.9 Å². The average Bonchev–Trinajstić information content (AvgIpc) is 2.56. The Bertz CT molecular complexity index is 745. The zero-order chi connectivity index (χ0) is 16.9. The van der Waals surface area contributed by atoms with Gasteiger partial charge in [-0.05, 0) is 47.1 Å². The molecular formula is C17H17BrO4S. The fourth-order valence-electron chi connectivity index (χ4n) is 2.04. The minimum atomic E-state index is -3.46. The van der Waals surface area contributed by atoms with Gasteiger partial charge in [-0.2, -0.15) is 0 Å². The van der Waals surface area contributed by atoms with E-state index in [-0.39, 0.29) is 11.3 Å². The first-order valence-electron chi connectivity index (χ1n) is 7.10. The van der Waals surface area contributed by atoms with Crippen molar-refractivity contribution in [2.45, 2.75) is 28.5 Å². The third-order valence-electron chi connectivity index (χ3n) is 3.36. The van der Waals surface area contributed by atoms with Gasteiger partial charge < -0.3 is 4.74 Å². The van der Waals surface area contributed by atoms with Gasteiger partial charge in [-0.25, -0.2) is 13.2 Å². The number of sulfone groups is 1. The summed E-state index contributed by atoms with van der Waals surface area (Å²) in [5.41, 5.74) is 0.426. The van der Waals surface area contributed by atoms with Crippen LogP contribution in [0.2, 0.25) is 0 Å². The minimum Gasteiger partial charge on any atom is -0.447 e. The molecule has 0 radical (unpaired) electrons. The van der Waals surface area contributed by atoms with Crippen molar-refractivity contribution < 1.29 is 17.9 Å². The van der Waals surface area contributed by atoms with Crippen molar-refractivity contribution >= 4 is 31.7 Å². The first-order chi connectivity index (χ1) is 10.9. The van der Waals surface area contributed by atoms with Crippen molar-refractivity contribution in [2.24, 2.45) is 0 Å². The van der Waals surface area contributed by atoms with Crippen LogP contribution in [0.4, 0.5) is 0 Å². The molecule has 2 atom stereocenters. The molecule has 0 spiro atoms. The summed E-state index contributed by atoms with van der Waals surface area (Å²) in [6.45, 7) is 1.60. The number of rotatable bonds is 6. The number of ether oxygens (including phenoxy) is 1. The smallest absolute Gasteiger partial charge is 0.339 e. The van der Waals surface area contributed by atoms with E-state index in [0.29, 0.717) is 5.56 Å². The van der Waals surface area contributed by atoms with E-state index in [2.05, 4.69) is 15.9 Å². The molecule has 0 aromatic heterocycles. The monoisotopic (exact) mass is 396 g/mol. The van der Waals surface area contributed by atoms with Crippen molar-refractivity contribution in [3.8, 4) is 0 Å². The van der Waals surface area contributed by atoms with E-state index in [1.165, 1.54) is 0 Å². The number of esters is 1. The third-order valence-corrected chi connectivity index (χ3v) is 6.10. The molecule has 0 amide bonds. The fraction of sp³-hybridized carbons (Fsp3) is 0.235. The molecule has 4 nitrogen and oxygen atoms in total. The standard InChI is InChI=1S/C17H17BrO4S/c1-13(23(20,21)15-10-6-3-7-11-15)12-16(18)22-17(19)14-8-4-2-5-9-14/h2-11,13,16H,12H2,1H3. The van der Waals surface area contributed by atoms with Gasteiger partial charge >= 0.3 is 5.97 Å². The van der Waals surface area contributed by atoms with Gasteiger partial charge in [0.2, 0.25) is 0 Å². The largest absolute Gasteiger partial charge is 0.447 e. The van der Waals surface area contributed by atoms with E-state index < -0.39 is 26.1 Å². The van der Waals surface area contributed by atoms with Gasteiger partial charge in [-0.3, -0.25) is 0 Å². The second-order valence-electron chi connectivity index (χ2n) is 5.09. The summed E-state index contributed by atoms with van der Waals surface area (Å²) in [4.78, 5) is 12.2. The quantitative estimate of drug-likeness (QED) is 0.549. The third kappa shape index (κ3) is 4.65. The lowest BCUT2D eigenvalue weighted by Crippen LogP contribution is -2.24. The predicted molar refractivity (Wildman–Crippen MR) is 92.3 cm³/mol. The molecule has 2 aromatic rings. The van der Waals surface area contributed by atoms with Crippen LogP contribution in [-0.4, -0.2) is 24.7 Å². The molecule has 2 rings (SSSR count). The maximum Gasteiger partial charge on any atom is 0.339 e. The number of alkyl halides is 1. The first kappa shape index (κ1) is 17.7. The molecule has 0 N–H and O–H groups in total. The van der Waals surface area contributed by atoms with Crippen molar-refractivity contribution in [1.82, 2.24) is 0 Å². The topological polar surface area (TPSA) is 60.4 Å². The van der Waals surface area contributed by atoms with E-state index >= 15 is 0 Å². The normalized spacial score (nSPS) is 14.0. The molecule has 6 heteroatoms. The molecule has 0 aliphatic carbocycles. The van der Waals surface area contributed by atoms with E-state index in [0.717, 1.165) is 0 Å². The van der Waals surface area contributed by atoms with E-state index in [1.807, 2.05) is 0 Å². The molecule has 0 heterocycles. The second kappa shape index (κ2) is 7.75. The van der Waals surface area contributed by atoms with Gasteiger partial charge in [0.1, 0.15) is 0 Å². The molecule has 0 aliphatic heterocycles. The molecule has 0 saturated carbocycles. The second-order valence-corrected chi connectivity index (χ2v) is 8.47. The van der Waals surface area contributed by atoms with Crippen LogP contribution in [0, 0.1) is 0 Å². The highest BCUT2D eigenvalue weighted by Crippen LogP contribution is 2.22. The maximum absolute atomic E-state index is 12.5. The Balaban J connectivity index is 2.00. The summed E-state index contributed by atoms with van der Waals surface area (Å²) in [7, 11) is -3.46. The van der Waals surface area contributed by atoms with E-state index in [1.54, 1.807) is 67.6 Å². The molecule has 0 aliphatic rings. The zero-order valence-electron chi connectivity index (χ0n) is 12.6. The zero-order valence-corrected chi connectivity index (χ0v) is 15.0. The lowest BCUT2D eigenvalue weighted by molar-refractivity contribution is 0.0458. The lowest BCUT2D eigenvalue weighted by Gasteiger charge is -2.17. The van der Waals surface area contributed by atoms with Crippen LogP contribution in [0.3, 0.4) is 0 Å². The van der Waals surface area contributed by atoms with Crippen LogP contribution in [0.25, 0.3) is 0 Å². The Morgan fingerprint density at radius 2 is 1.57 bits per heavy atom. The summed E-state index contributed by atoms with van der Waals surface area (Å²) < 4.78 is 30.2. The van der Waals surface area contributed by atoms with Gasteiger partial charge in [0.25, 0.3) is 0 Å². The summed E-state index contributed by atoms with van der Waals surface area (Å²) >= 11 is 3.23. The van der Waals surface area contributed by atoms with Crippen molar-refractivity contribution in [1.29, 1.82) is 0 Å². The molecule has 122 valence electrons.